The van der Waals surface area contributed by atoms with E-state index in [1.807, 2.05) is 66.7 Å². The lowest BCUT2D eigenvalue weighted by molar-refractivity contribution is 0.153. The van der Waals surface area contributed by atoms with Crippen molar-refractivity contribution in [3.8, 4) is 17.2 Å². The first-order valence-corrected chi connectivity index (χ1v) is 10.6. The molecule has 0 bridgehead atoms. The van der Waals surface area contributed by atoms with Gasteiger partial charge in [0.25, 0.3) is 5.89 Å². The number of rotatable bonds is 4. The van der Waals surface area contributed by atoms with Gasteiger partial charge in [-0.1, -0.05) is 76.9 Å². The molecule has 2 unspecified atom stereocenters. The Kier molecular flexibility index (Phi) is 5.45. The van der Waals surface area contributed by atoms with Crippen LogP contribution in [0.25, 0.3) is 11.5 Å². The molecule has 31 heavy (non-hydrogen) atoms. The van der Waals surface area contributed by atoms with Crippen molar-refractivity contribution in [3.63, 3.8) is 0 Å². The van der Waals surface area contributed by atoms with Gasteiger partial charge in [0.15, 0.2) is 12.1 Å². The Morgan fingerprint density at radius 1 is 0.903 bits per heavy atom. The molecule has 5 nitrogen and oxygen atoms in total. The van der Waals surface area contributed by atoms with Gasteiger partial charge < -0.3 is 9.26 Å². The predicted octanol–water partition coefficient (Wildman–Crippen LogP) is 6.21. The Morgan fingerprint density at radius 2 is 1.65 bits per heavy atom. The Labute approximate surface area is 189 Å². The van der Waals surface area contributed by atoms with Crippen LogP contribution in [0.3, 0.4) is 0 Å². The van der Waals surface area contributed by atoms with Gasteiger partial charge in [-0.2, -0.15) is 4.98 Å². The highest BCUT2D eigenvalue weighted by molar-refractivity contribution is 6.33. The van der Waals surface area contributed by atoms with Crippen LogP contribution in [0.2, 0.25) is 10.0 Å². The van der Waals surface area contributed by atoms with Crippen LogP contribution in [0.15, 0.2) is 82.3 Å². The molecule has 0 saturated carbocycles. The van der Waals surface area contributed by atoms with Crippen LogP contribution in [0.4, 0.5) is 0 Å². The molecule has 0 N–H and O–H groups in total. The largest absolute Gasteiger partial charge is 0.468 e. The van der Waals surface area contributed by atoms with E-state index < -0.39 is 6.23 Å². The second-order valence-corrected chi connectivity index (χ2v) is 7.98. The molecule has 1 aliphatic rings. The third-order valence-corrected chi connectivity index (χ3v) is 5.82. The summed E-state index contributed by atoms with van der Waals surface area (Å²) in [6.07, 6.45) is 1.87. The molecular formula is C24H17Cl2N3O2. The molecule has 5 rings (SSSR count). The van der Waals surface area contributed by atoms with Gasteiger partial charge in [-0.05, 0) is 36.2 Å². The molecule has 4 aromatic rings. The quantitative estimate of drug-likeness (QED) is 0.347. The molecule has 7 heteroatoms. The van der Waals surface area contributed by atoms with Gasteiger partial charge in [0.05, 0.1) is 16.5 Å². The van der Waals surface area contributed by atoms with Gasteiger partial charge in [0, 0.05) is 16.8 Å². The van der Waals surface area contributed by atoms with Crippen LogP contribution in [-0.4, -0.2) is 22.6 Å². The minimum atomic E-state index is -0.525. The van der Waals surface area contributed by atoms with Crippen LogP contribution >= 0.6 is 23.2 Å². The zero-order chi connectivity index (χ0) is 21.2. The maximum absolute atomic E-state index is 6.29. The zero-order valence-electron chi connectivity index (χ0n) is 16.3. The van der Waals surface area contributed by atoms with Crippen LogP contribution in [0.5, 0.6) is 5.75 Å². The molecule has 2 atom stereocenters. The van der Waals surface area contributed by atoms with Crippen molar-refractivity contribution in [3.05, 3.63) is 99.8 Å². The van der Waals surface area contributed by atoms with Crippen LogP contribution in [-0.2, 0) is 6.42 Å². The highest BCUT2D eigenvalue weighted by Crippen LogP contribution is 2.37. The minimum absolute atomic E-state index is 0.228. The number of hydrogen-bond acceptors (Lipinski definition) is 5. The summed E-state index contributed by atoms with van der Waals surface area (Å²) in [5, 5.41) is 5.41. The van der Waals surface area contributed by atoms with E-state index in [0.717, 1.165) is 16.9 Å². The average molecular weight is 450 g/mol. The van der Waals surface area contributed by atoms with Crippen LogP contribution in [0, 0.1) is 0 Å². The number of fused-ring (bicyclic) bond motifs is 1. The molecule has 3 aromatic carbocycles. The maximum Gasteiger partial charge on any atom is 0.259 e. The number of ether oxygens (including phenoxy) is 1. The molecule has 0 fully saturated rings. The van der Waals surface area contributed by atoms with Crippen molar-refractivity contribution >= 4 is 29.4 Å². The summed E-state index contributed by atoms with van der Waals surface area (Å²) in [5.41, 5.74) is 2.58. The summed E-state index contributed by atoms with van der Waals surface area (Å²) in [5.74, 6) is 1.46. The normalized spacial score (nSPS) is 18.0. The van der Waals surface area contributed by atoms with E-state index in [-0.39, 0.29) is 5.92 Å². The third kappa shape index (κ3) is 4.07. The molecule has 0 aliphatic carbocycles. The molecule has 2 heterocycles. The van der Waals surface area contributed by atoms with Crippen LogP contribution in [0.1, 0.15) is 22.9 Å². The summed E-state index contributed by atoms with van der Waals surface area (Å²) in [6, 6.07) is 22.8. The second-order valence-electron chi connectivity index (χ2n) is 7.16. The van der Waals surface area contributed by atoms with Crippen molar-refractivity contribution in [2.24, 2.45) is 4.99 Å². The van der Waals surface area contributed by atoms with Crippen LogP contribution < -0.4 is 4.74 Å². The number of nitrogens with zero attached hydrogens (tertiary/aromatic N) is 3. The average Bonchev–Trinajstić information content (AvgIpc) is 3.28. The van der Waals surface area contributed by atoms with Crippen molar-refractivity contribution in [1.29, 1.82) is 0 Å². The van der Waals surface area contributed by atoms with E-state index in [1.165, 1.54) is 0 Å². The lowest BCUT2D eigenvalue weighted by atomic mass is 9.93. The smallest absolute Gasteiger partial charge is 0.259 e. The first-order valence-electron chi connectivity index (χ1n) is 9.80. The van der Waals surface area contributed by atoms with Crippen molar-refractivity contribution < 1.29 is 9.26 Å². The van der Waals surface area contributed by atoms with Gasteiger partial charge >= 0.3 is 0 Å². The van der Waals surface area contributed by atoms with Gasteiger partial charge in [0.1, 0.15) is 5.75 Å². The number of aromatic nitrogens is 2. The summed E-state index contributed by atoms with van der Waals surface area (Å²) < 4.78 is 11.7. The van der Waals surface area contributed by atoms with Crippen molar-refractivity contribution in [2.75, 3.05) is 0 Å². The molecule has 0 saturated heterocycles. The molecule has 1 aromatic heterocycles. The fraction of sp³-hybridized carbons (Fsp3) is 0.125. The molecule has 0 amide bonds. The number of aliphatic imine (C=N–C) groups is 1. The SMILES string of the molecule is Clc1ccccc1C=NC1Oc2ccccc2CC1c1noc(-c2ccccc2Cl)n1. The molecule has 0 spiro atoms. The van der Waals surface area contributed by atoms with Crippen molar-refractivity contribution in [1.82, 2.24) is 10.1 Å². The Morgan fingerprint density at radius 3 is 2.48 bits per heavy atom. The Balaban J connectivity index is 1.50. The van der Waals surface area contributed by atoms with Gasteiger partial charge in [0.2, 0.25) is 0 Å². The minimum Gasteiger partial charge on any atom is -0.468 e. The number of para-hydroxylation sites is 1. The Hall–Kier alpha value is -3.15. The van der Waals surface area contributed by atoms with Gasteiger partial charge in [-0.15, -0.1) is 0 Å². The summed E-state index contributed by atoms with van der Waals surface area (Å²) >= 11 is 12.6. The number of hydrogen-bond donors (Lipinski definition) is 0. The highest BCUT2D eigenvalue weighted by Gasteiger charge is 2.34. The number of halogens is 2. The van der Waals surface area contributed by atoms with Gasteiger partial charge in [-0.25, -0.2) is 4.99 Å². The Bertz CT molecular complexity index is 1250. The topological polar surface area (TPSA) is 60.5 Å². The van der Waals surface area contributed by atoms with E-state index in [4.69, 9.17) is 37.5 Å². The lowest BCUT2D eigenvalue weighted by Gasteiger charge is -2.29. The first-order chi connectivity index (χ1) is 15.2. The fourth-order valence-electron chi connectivity index (χ4n) is 3.55. The fourth-order valence-corrected chi connectivity index (χ4v) is 3.95. The highest BCUT2D eigenvalue weighted by atomic mass is 35.5. The van der Waals surface area contributed by atoms with E-state index in [2.05, 4.69) is 10.1 Å². The monoisotopic (exact) mass is 449 g/mol. The maximum atomic E-state index is 6.29. The van der Waals surface area contributed by atoms with E-state index >= 15 is 0 Å². The lowest BCUT2D eigenvalue weighted by Crippen LogP contribution is -2.30. The summed E-state index contributed by atoms with van der Waals surface area (Å²) in [7, 11) is 0. The molecular weight excluding hydrogens is 433 g/mol. The van der Waals surface area contributed by atoms with E-state index in [9.17, 15) is 0 Å². The molecule has 0 radical (unpaired) electrons. The van der Waals surface area contributed by atoms with Crippen molar-refractivity contribution in [2.45, 2.75) is 18.6 Å². The second kappa shape index (κ2) is 8.53. The number of benzene rings is 3. The first kappa shape index (κ1) is 19.8. The predicted molar refractivity (Wildman–Crippen MR) is 121 cm³/mol. The molecule has 154 valence electrons. The zero-order valence-corrected chi connectivity index (χ0v) is 17.8. The summed E-state index contributed by atoms with van der Waals surface area (Å²) in [6.45, 7) is 0. The van der Waals surface area contributed by atoms with E-state index in [1.54, 1.807) is 12.3 Å². The van der Waals surface area contributed by atoms with Gasteiger partial charge in [-0.3, -0.25) is 0 Å². The van der Waals surface area contributed by atoms with E-state index in [0.29, 0.717) is 33.7 Å². The molecule has 1 aliphatic heterocycles. The third-order valence-electron chi connectivity index (χ3n) is 5.15. The summed E-state index contributed by atoms with van der Waals surface area (Å²) in [4.78, 5) is 9.31. The standard InChI is InChI=1S/C24H17Cl2N3O2/c25-19-10-4-1-8-16(19)14-27-23-18(13-15-7-2-6-12-21(15)30-23)22-28-24(31-29-22)17-9-3-5-11-20(17)26/h1-12,14,18,23H,13H2.